The van der Waals surface area contributed by atoms with Gasteiger partial charge in [-0.15, -0.1) is 0 Å². The van der Waals surface area contributed by atoms with Gasteiger partial charge in [0.2, 0.25) is 0 Å². The molecule has 0 atom stereocenters. The number of benzene rings is 1. The molecule has 2 rings (SSSR count). The molecule has 5 nitrogen and oxygen atoms in total. The zero-order valence-electron chi connectivity index (χ0n) is 11.3. The van der Waals surface area contributed by atoms with Crippen LogP contribution in [-0.2, 0) is 14.3 Å². The largest absolute Gasteiger partial charge is 0.502 e. The minimum atomic E-state index is -0.634. The van der Waals surface area contributed by atoms with Crippen LogP contribution in [0.3, 0.4) is 0 Å². The van der Waals surface area contributed by atoms with Gasteiger partial charge >= 0.3 is 0 Å². The highest BCUT2D eigenvalue weighted by Gasteiger charge is 2.38. The van der Waals surface area contributed by atoms with Crippen molar-refractivity contribution >= 4 is 17.4 Å². The number of carbonyl (C=O) groups excluding carboxylic acids is 2. The van der Waals surface area contributed by atoms with E-state index in [4.69, 9.17) is 4.74 Å². The van der Waals surface area contributed by atoms with Crippen LogP contribution in [0.25, 0.3) is 5.57 Å². The van der Waals surface area contributed by atoms with E-state index in [1.165, 1.54) is 0 Å². The highest BCUT2D eigenvalue weighted by molar-refractivity contribution is 6.34. The lowest BCUT2D eigenvalue weighted by molar-refractivity contribution is -0.138. The summed E-state index contributed by atoms with van der Waals surface area (Å²) in [6.07, 6.45) is 0.556. The zero-order chi connectivity index (χ0) is 14.5. The summed E-state index contributed by atoms with van der Waals surface area (Å²) in [6.45, 7) is 3.21. The summed E-state index contributed by atoms with van der Waals surface area (Å²) in [7, 11) is 0. The second-order valence-corrected chi connectivity index (χ2v) is 4.40. The Morgan fingerprint density at radius 2 is 1.85 bits per heavy atom. The number of nitrogens with zero attached hydrogens (tertiary/aromatic N) is 1. The summed E-state index contributed by atoms with van der Waals surface area (Å²) >= 11 is 0. The normalized spacial score (nSPS) is 15.3. The molecule has 0 spiro atoms. The van der Waals surface area contributed by atoms with Gasteiger partial charge in [0.05, 0.1) is 5.57 Å². The molecular weight excluding hydrogens is 258 g/mol. The quantitative estimate of drug-likeness (QED) is 0.634. The van der Waals surface area contributed by atoms with Crippen molar-refractivity contribution in [3.63, 3.8) is 0 Å². The van der Waals surface area contributed by atoms with Crippen LogP contribution in [0.1, 0.15) is 18.9 Å². The van der Waals surface area contributed by atoms with Crippen molar-refractivity contribution in [3.05, 3.63) is 41.7 Å². The van der Waals surface area contributed by atoms with Gasteiger partial charge in [0, 0.05) is 19.8 Å². The van der Waals surface area contributed by atoms with Gasteiger partial charge < -0.3 is 9.84 Å². The lowest BCUT2D eigenvalue weighted by Gasteiger charge is -2.14. The Labute approximate surface area is 117 Å². The molecule has 1 N–H and O–H groups in total. The van der Waals surface area contributed by atoms with Crippen LogP contribution in [0.4, 0.5) is 0 Å². The summed E-state index contributed by atoms with van der Waals surface area (Å²) in [5, 5.41) is 9.89. The van der Waals surface area contributed by atoms with Crippen LogP contribution in [0.2, 0.25) is 0 Å². The molecule has 0 aliphatic carbocycles. The number of aliphatic hydroxyl groups is 1. The molecule has 20 heavy (non-hydrogen) atoms. The van der Waals surface area contributed by atoms with Gasteiger partial charge in [0.15, 0.2) is 5.76 Å². The lowest BCUT2D eigenvalue weighted by atomic mass is 10.1. The maximum Gasteiger partial charge on any atom is 0.296 e. The Kier molecular flexibility index (Phi) is 4.53. The third kappa shape index (κ3) is 2.72. The van der Waals surface area contributed by atoms with Crippen LogP contribution >= 0.6 is 0 Å². The fraction of sp³-hybridized carbons (Fsp3) is 0.333. The van der Waals surface area contributed by atoms with E-state index in [2.05, 4.69) is 0 Å². The van der Waals surface area contributed by atoms with E-state index in [1.54, 1.807) is 24.3 Å². The molecule has 0 unspecified atom stereocenters. The minimum absolute atomic E-state index is 0.0759. The number of imide groups is 1. The molecule has 1 aromatic rings. The first-order valence-corrected chi connectivity index (χ1v) is 6.59. The van der Waals surface area contributed by atoms with Crippen LogP contribution in [0, 0.1) is 0 Å². The predicted molar refractivity (Wildman–Crippen MR) is 73.8 cm³/mol. The lowest BCUT2D eigenvalue weighted by Crippen LogP contribution is -2.33. The Morgan fingerprint density at radius 3 is 2.50 bits per heavy atom. The second-order valence-electron chi connectivity index (χ2n) is 4.40. The van der Waals surface area contributed by atoms with Crippen molar-refractivity contribution in [2.45, 2.75) is 13.3 Å². The molecular formula is C15H17NO4. The van der Waals surface area contributed by atoms with Crippen molar-refractivity contribution in [1.29, 1.82) is 0 Å². The number of aliphatic hydroxyl groups excluding tert-OH is 1. The summed E-state index contributed by atoms with van der Waals surface area (Å²) < 4.78 is 5.18. The van der Waals surface area contributed by atoms with Crippen molar-refractivity contribution in [1.82, 2.24) is 4.90 Å². The van der Waals surface area contributed by atoms with Crippen LogP contribution in [-0.4, -0.2) is 41.6 Å². The summed E-state index contributed by atoms with van der Waals surface area (Å²) in [5.41, 5.74) is 0.627. The van der Waals surface area contributed by atoms with E-state index in [0.29, 0.717) is 25.2 Å². The van der Waals surface area contributed by atoms with E-state index in [-0.39, 0.29) is 12.1 Å². The maximum absolute atomic E-state index is 12.2. The molecule has 1 heterocycles. The molecule has 0 aromatic heterocycles. The van der Waals surface area contributed by atoms with E-state index in [1.807, 2.05) is 13.0 Å². The van der Waals surface area contributed by atoms with Crippen molar-refractivity contribution in [2.75, 3.05) is 19.8 Å². The summed E-state index contributed by atoms with van der Waals surface area (Å²) in [6, 6.07) is 8.71. The smallest absolute Gasteiger partial charge is 0.296 e. The van der Waals surface area contributed by atoms with Crippen molar-refractivity contribution in [2.24, 2.45) is 0 Å². The van der Waals surface area contributed by atoms with Crippen LogP contribution < -0.4 is 0 Å². The van der Waals surface area contributed by atoms with Gasteiger partial charge in [-0.2, -0.15) is 0 Å². The fourth-order valence-electron chi connectivity index (χ4n) is 2.10. The first-order chi connectivity index (χ1) is 9.66. The standard InChI is InChI=1S/C15H17NO4/c1-2-20-10-6-9-16-14(18)12(13(17)15(16)19)11-7-4-3-5-8-11/h3-5,7-8,17H,2,6,9-10H2,1H3. The molecule has 1 aliphatic heterocycles. The molecule has 1 aliphatic rings. The average Bonchev–Trinajstić information content (AvgIpc) is 2.67. The van der Waals surface area contributed by atoms with Crippen LogP contribution in [0.5, 0.6) is 0 Å². The Bertz CT molecular complexity index is 536. The van der Waals surface area contributed by atoms with Crippen molar-refractivity contribution in [3.8, 4) is 0 Å². The average molecular weight is 275 g/mol. The molecule has 106 valence electrons. The maximum atomic E-state index is 12.2. The highest BCUT2D eigenvalue weighted by Crippen LogP contribution is 2.27. The SMILES string of the molecule is CCOCCCN1C(=O)C(O)=C(c2ccccc2)C1=O. The fourth-order valence-corrected chi connectivity index (χ4v) is 2.10. The third-order valence-electron chi connectivity index (χ3n) is 3.08. The monoisotopic (exact) mass is 275 g/mol. The molecule has 0 saturated carbocycles. The van der Waals surface area contributed by atoms with Gasteiger partial charge in [-0.05, 0) is 18.9 Å². The predicted octanol–water partition coefficient (Wildman–Crippen LogP) is 1.75. The zero-order valence-corrected chi connectivity index (χ0v) is 11.3. The molecule has 0 bridgehead atoms. The number of amides is 2. The number of carbonyl (C=O) groups is 2. The van der Waals surface area contributed by atoms with E-state index < -0.39 is 17.6 Å². The van der Waals surface area contributed by atoms with Gasteiger partial charge in [-0.1, -0.05) is 30.3 Å². The first-order valence-electron chi connectivity index (χ1n) is 6.59. The Hall–Kier alpha value is -2.14. The summed E-state index contributed by atoms with van der Waals surface area (Å²) in [4.78, 5) is 25.2. The molecule has 0 saturated heterocycles. The van der Waals surface area contributed by atoms with Gasteiger partial charge in [0.25, 0.3) is 11.8 Å². The molecule has 5 heteroatoms. The van der Waals surface area contributed by atoms with Crippen LogP contribution in [0.15, 0.2) is 36.1 Å². The van der Waals surface area contributed by atoms with Gasteiger partial charge in [0.1, 0.15) is 0 Å². The van der Waals surface area contributed by atoms with Gasteiger partial charge in [-0.3, -0.25) is 14.5 Å². The topological polar surface area (TPSA) is 66.8 Å². The number of hydrogen-bond donors (Lipinski definition) is 1. The molecule has 2 amide bonds. The number of hydrogen-bond acceptors (Lipinski definition) is 4. The highest BCUT2D eigenvalue weighted by atomic mass is 16.5. The third-order valence-corrected chi connectivity index (χ3v) is 3.08. The number of rotatable bonds is 6. The molecule has 0 fully saturated rings. The Morgan fingerprint density at radius 1 is 1.15 bits per heavy atom. The van der Waals surface area contributed by atoms with E-state index in [9.17, 15) is 14.7 Å². The van der Waals surface area contributed by atoms with E-state index in [0.717, 1.165) is 4.90 Å². The Balaban J connectivity index is 2.12. The molecule has 1 aromatic carbocycles. The first kappa shape index (κ1) is 14.3. The minimum Gasteiger partial charge on any atom is -0.502 e. The van der Waals surface area contributed by atoms with Crippen molar-refractivity contribution < 1.29 is 19.4 Å². The second kappa shape index (κ2) is 6.34. The summed E-state index contributed by atoms with van der Waals surface area (Å²) in [5.74, 6) is -1.56. The number of ether oxygens (including phenoxy) is 1. The van der Waals surface area contributed by atoms with E-state index >= 15 is 0 Å². The molecule has 0 radical (unpaired) electrons. The van der Waals surface area contributed by atoms with Gasteiger partial charge in [-0.25, -0.2) is 0 Å².